The Morgan fingerprint density at radius 3 is 2.46 bits per heavy atom. The third-order valence-corrected chi connectivity index (χ3v) is 4.17. The van der Waals surface area contributed by atoms with Crippen molar-refractivity contribution in [3.63, 3.8) is 0 Å². The van der Waals surface area contributed by atoms with Gasteiger partial charge in [-0.2, -0.15) is 5.10 Å². The molecular weight excluding hydrogens is 298 g/mol. The summed E-state index contributed by atoms with van der Waals surface area (Å²) in [5.41, 5.74) is 5.84. The Hall–Kier alpha value is -2.88. The van der Waals surface area contributed by atoms with E-state index >= 15 is 0 Å². The van der Waals surface area contributed by atoms with E-state index in [1.165, 1.54) is 5.56 Å². The van der Waals surface area contributed by atoms with Gasteiger partial charge in [-0.25, -0.2) is 4.68 Å². The second kappa shape index (κ2) is 6.71. The van der Waals surface area contributed by atoms with Crippen LogP contribution in [-0.4, -0.2) is 15.7 Å². The number of aromatic nitrogens is 2. The molecule has 1 aromatic heterocycles. The van der Waals surface area contributed by atoms with Gasteiger partial charge in [0.05, 0.1) is 23.1 Å². The van der Waals surface area contributed by atoms with Crippen LogP contribution in [0.25, 0.3) is 5.69 Å². The highest BCUT2D eigenvalue weighted by molar-refractivity contribution is 5.95. The number of aryl methyl sites for hydroxylation is 2. The van der Waals surface area contributed by atoms with Crippen LogP contribution in [0, 0.1) is 20.8 Å². The first-order valence-corrected chi connectivity index (χ1v) is 8.00. The standard InChI is InChI=1S/C20H21N3O/c1-14-8-10-17(11-9-14)12-21-20(24)18-13-22-23(16(18)3)19-7-5-4-6-15(19)2/h4-11,13H,12H2,1-3H3,(H,21,24). The summed E-state index contributed by atoms with van der Waals surface area (Å²) in [5.74, 6) is -0.104. The fraction of sp³-hybridized carbons (Fsp3) is 0.200. The fourth-order valence-electron chi connectivity index (χ4n) is 2.66. The van der Waals surface area contributed by atoms with E-state index in [0.29, 0.717) is 12.1 Å². The zero-order valence-electron chi connectivity index (χ0n) is 14.2. The van der Waals surface area contributed by atoms with Gasteiger partial charge in [0.1, 0.15) is 0 Å². The molecule has 1 amide bonds. The SMILES string of the molecule is Cc1ccc(CNC(=O)c2cnn(-c3ccccc3C)c2C)cc1. The van der Waals surface area contributed by atoms with Crippen molar-refractivity contribution >= 4 is 5.91 Å². The maximum Gasteiger partial charge on any atom is 0.255 e. The molecule has 122 valence electrons. The lowest BCUT2D eigenvalue weighted by Gasteiger charge is -2.09. The Bertz CT molecular complexity index is 863. The van der Waals surface area contributed by atoms with Crippen molar-refractivity contribution in [1.29, 1.82) is 0 Å². The third-order valence-electron chi connectivity index (χ3n) is 4.17. The molecule has 0 aliphatic rings. The summed E-state index contributed by atoms with van der Waals surface area (Å²) in [7, 11) is 0. The summed E-state index contributed by atoms with van der Waals surface area (Å²) < 4.78 is 1.82. The molecule has 0 saturated carbocycles. The third kappa shape index (κ3) is 3.23. The average molecular weight is 319 g/mol. The summed E-state index contributed by atoms with van der Waals surface area (Å²) in [5, 5.41) is 7.35. The summed E-state index contributed by atoms with van der Waals surface area (Å²) >= 11 is 0. The van der Waals surface area contributed by atoms with E-state index in [1.807, 2.05) is 74.0 Å². The zero-order chi connectivity index (χ0) is 17.1. The molecule has 3 rings (SSSR count). The van der Waals surface area contributed by atoms with E-state index in [0.717, 1.165) is 22.5 Å². The first kappa shape index (κ1) is 16.0. The van der Waals surface area contributed by atoms with E-state index in [2.05, 4.69) is 10.4 Å². The van der Waals surface area contributed by atoms with Crippen LogP contribution in [0.5, 0.6) is 0 Å². The molecule has 1 heterocycles. The highest BCUT2D eigenvalue weighted by atomic mass is 16.1. The van der Waals surface area contributed by atoms with E-state index in [4.69, 9.17) is 0 Å². The quantitative estimate of drug-likeness (QED) is 0.796. The minimum absolute atomic E-state index is 0.104. The highest BCUT2D eigenvalue weighted by Gasteiger charge is 2.15. The predicted octanol–water partition coefficient (Wildman–Crippen LogP) is 3.73. The highest BCUT2D eigenvalue weighted by Crippen LogP contribution is 2.17. The molecule has 2 aromatic carbocycles. The molecule has 0 aliphatic carbocycles. The molecule has 4 nitrogen and oxygen atoms in total. The van der Waals surface area contributed by atoms with Gasteiger partial charge in [-0.05, 0) is 38.0 Å². The van der Waals surface area contributed by atoms with Crippen molar-refractivity contribution in [2.24, 2.45) is 0 Å². The largest absolute Gasteiger partial charge is 0.348 e. The molecule has 4 heteroatoms. The van der Waals surface area contributed by atoms with Gasteiger partial charge in [0.15, 0.2) is 0 Å². The summed E-state index contributed by atoms with van der Waals surface area (Å²) in [6, 6.07) is 16.1. The topological polar surface area (TPSA) is 46.9 Å². The second-order valence-corrected chi connectivity index (χ2v) is 6.01. The van der Waals surface area contributed by atoms with Gasteiger partial charge in [-0.15, -0.1) is 0 Å². The molecule has 1 N–H and O–H groups in total. The van der Waals surface area contributed by atoms with Crippen molar-refractivity contribution < 1.29 is 4.79 Å². The number of carbonyl (C=O) groups is 1. The van der Waals surface area contributed by atoms with E-state index in [9.17, 15) is 4.79 Å². The fourth-order valence-corrected chi connectivity index (χ4v) is 2.66. The van der Waals surface area contributed by atoms with E-state index in [1.54, 1.807) is 6.20 Å². The number of amides is 1. The van der Waals surface area contributed by atoms with Crippen LogP contribution in [0.4, 0.5) is 0 Å². The lowest BCUT2D eigenvalue weighted by molar-refractivity contribution is 0.0950. The van der Waals surface area contributed by atoms with Gasteiger partial charge in [-0.1, -0.05) is 48.0 Å². The minimum Gasteiger partial charge on any atom is -0.348 e. The van der Waals surface area contributed by atoms with Gasteiger partial charge >= 0.3 is 0 Å². The first-order chi connectivity index (χ1) is 11.6. The monoisotopic (exact) mass is 319 g/mol. The average Bonchev–Trinajstić information content (AvgIpc) is 2.96. The Labute approximate surface area is 142 Å². The maximum absolute atomic E-state index is 12.5. The van der Waals surface area contributed by atoms with Crippen LogP contribution in [0.3, 0.4) is 0 Å². The minimum atomic E-state index is -0.104. The molecule has 0 saturated heterocycles. The number of nitrogens with one attached hydrogen (secondary N) is 1. The lowest BCUT2D eigenvalue weighted by Crippen LogP contribution is -2.23. The van der Waals surface area contributed by atoms with Gasteiger partial charge in [-0.3, -0.25) is 4.79 Å². The normalized spacial score (nSPS) is 10.6. The van der Waals surface area contributed by atoms with Gasteiger partial charge in [0, 0.05) is 6.54 Å². The Kier molecular flexibility index (Phi) is 4.47. The molecular formula is C20H21N3O. The van der Waals surface area contributed by atoms with Crippen molar-refractivity contribution in [2.75, 3.05) is 0 Å². The Morgan fingerprint density at radius 1 is 1.04 bits per heavy atom. The number of hydrogen-bond acceptors (Lipinski definition) is 2. The Balaban J connectivity index is 1.77. The van der Waals surface area contributed by atoms with Crippen LogP contribution < -0.4 is 5.32 Å². The van der Waals surface area contributed by atoms with Crippen LogP contribution >= 0.6 is 0 Å². The van der Waals surface area contributed by atoms with Crippen LogP contribution in [0.1, 0.15) is 32.7 Å². The van der Waals surface area contributed by atoms with Crippen LogP contribution in [0.2, 0.25) is 0 Å². The molecule has 0 atom stereocenters. The first-order valence-electron chi connectivity index (χ1n) is 8.00. The molecule has 0 spiro atoms. The van der Waals surface area contributed by atoms with Crippen molar-refractivity contribution in [3.8, 4) is 5.69 Å². The number of benzene rings is 2. The molecule has 0 aliphatic heterocycles. The van der Waals surface area contributed by atoms with Gasteiger partial charge in [0.2, 0.25) is 0 Å². The van der Waals surface area contributed by atoms with Crippen LogP contribution in [0.15, 0.2) is 54.7 Å². The predicted molar refractivity (Wildman–Crippen MR) is 95.4 cm³/mol. The smallest absolute Gasteiger partial charge is 0.255 e. The molecule has 0 radical (unpaired) electrons. The van der Waals surface area contributed by atoms with Crippen molar-refractivity contribution in [2.45, 2.75) is 27.3 Å². The number of para-hydroxylation sites is 1. The zero-order valence-corrected chi connectivity index (χ0v) is 14.2. The summed E-state index contributed by atoms with van der Waals surface area (Å²) in [6.45, 7) is 6.51. The van der Waals surface area contributed by atoms with E-state index in [-0.39, 0.29) is 5.91 Å². The number of hydrogen-bond donors (Lipinski definition) is 1. The molecule has 24 heavy (non-hydrogen) atoms. The number of rotatable bonds is 4. The summed E-state index contributed by atoms with van der Waals surface area (Å²) in [4.78, 5) is 12.5. The lowest BCUT2D eigenvalue weighted by atomic mass is 10.1. The van der Waals surface area contributed by atoms with Crippen molar-refractivity contribution in [3.05, 3.63) is 82.7 Å². The van der Waals surface area contributed by atoms with Crippen LogP contribution in [-0.2, 0) is 6.54 Å². The second-order valence-electron chi connectivity index (χ2n) is 6.01. The maximum atomic E-state index is 12.5. The van der Waals surface area contributed by atoms with Crippen molar-refractivity contribution in [1.82, 2.24) is 15.1 Å². The van der Waals surface area contributed by atoms with Gasteiger partial charge < -0.3 is 5.32 Å². The molecule has 0 fully saturated rings. The Morgan fingerprint density at radius 2 is 1.75 bits per heavy atom. The van der Waals surface area contributed by atoms with E-state index < -0.39 is 0 Å². The molecule has 0 bridgehead atoms. The number of carbonyl (C=O) groups excluding carboxylic acids is 1. The van der Waals surface area contributed by atoms with Gasteiger partial charge in [0.25, 0.3) is 5.91 Å². The molecule has 3 aromatic rings. The number of nitrogens with zero attached hydrogens (tertiary/aromatic N) is 2. The summed E-state index contributed by atoms with van der Waals surface area (Å²) in [6.07, 6.45) is 1.63. The molecule has 0 unspecified atom stereocenters.